The van der Waals surface area contributed by atoms with Crippen LogP contribution in [-0.4, -0.2) is 39.1 Å². The van der Waals surface area contributed by atoms with Gasteiger partial charge in [-0.25, -0.2) is 9.69 Å². The third-order valence-corrected chi connectivity index (χ3v) is 5.27. The summed E-state index contributed by atoms with van der Waals surface area (Å²) in [6.45, 7) is 0.951. The molecule has 2 aromatic carbocycles. The van der Waals surface area contributed by atoms with E-state index in [2.05, 4.69) is 0 Å². The average molecular weight is 364 g/mol. The Morgan fingerprint density at radius 3 is 2.52 bits per heavy atom. The molecular formula is C17H20N2O5S. The Morgan fingerprint density at radius 2 is 1.88 bits per heavy atom. The van der Waals surface area contributed by atoms with Gasteiger partial charge in [-0.3, -0.25) is 18.9 Å². The van der Waals surface area contributed by atoms with Gasteiger partial charge in [-0.2, -0.15) is 0 Å². The minimum absolute atomic E-state index is 0.205. The number of rotatable bonds is 5. The molecule has 1 aliphatic heterocycles. The lowest BCUT2D eigenvalue weighted by molar-refractivity contribution is -0.132. The summed E-state index contributed by atoms with van der Waals surface area (Å²) < 4.78 is 28.4. The van der Waals surface area contributed by atoms with Gasteiger partial charge < -0.3 is 4.74 Å². The Bertz CT molecular complexity index is 778. The Hall–Kier alpha value is -2.00. The first-order chi connectivity index (χ1) is 12.1. The zero-order valence-corrected chi connectivity index (χ0v) is 14.3. The molecule has 0 saturated carbocycles. The normalized spacial score (nSPS) is 17.8. The second-order valence-electron chi connectivity index (χ2n) is 5.96. The van der Waals surface area contributed by atoms with Gasteiger partial charge in [-0.1, -0.05) is 30.3 Å². The first kappa shape index (κ1) is 17.8. The van der Waals surface area contributed by atoms with Crippen LogP contribution >= 0.6 is 0 Å². The van der Waals surface area contributed by atoms with E-state index in [1.165, 1.54) is 0 Å². The summed E-state index contributed by atoms with van der Waals surface area (Å²) in [6.07, 6.45) is 1.14. The molecule has 0 aromatic heterocycles. The molecule has 134 valence electrons. The second-order valence-corrected chi connectivity index (χ2v) is 6.81. The molecule has 1 fully saturated rings. The first-order valence-corrected chi connectivity index (χ1v) is 9.09. The predicted octanol–water partition coefficient (Wildman–Crippen LogP) is 2.08. The van der Waals surface area contributed by atoms with Crippen LogP contribution in [0.15, 0.2) is 42.5 Å². The predicted molar refractivity (Wildman–Crippen MR) is 94.5 cm³/mol. The highest BCUT2D eigenvalue weighted by atomic mass is 32.2. The minimum atomic E-state index is -2.43. The number of ether oxygens (including phenoxy) is 1. The molecule has 2 atom stereocenters. The van der Waals surface area contributed by atoms with Crippen LogP contribution in [-0.2, 0) is 20.8 Å². The molecule has 2 unspecified atom stereocenters. The van der Waals surface area contributed by atoms with Crippen molar-refractivity contribution in [2.24, 2.45) is 5.92 Å². The van der Waals surface area contributed by atoms with Gasteiger partial charge in [0.2, 0.25) is 0 Å². The number of hydrogen-bond donors (Lipinski definition) is 3. The molecule has 1 amide bonds. The van der Waals surface area contributed by atoms with E-state index in [-0.39, 0.29) is 5.92 Å². The lowest BCUT2D eigenvalue weighted by Gasteiger charge is -2.35. The van der Waals surface area contributed by atoms with Crippen LogP contribution in [0.5, 0.6) is 0 Å². The highest BCUT2D eigenvalue weighted by Gasteiger charge is 2.37. The number of nitrogens with zero attached hydrogens (tertiary/aromatic N) is 1. The van der Waals surface area contributed by atoms with E-state index in [1.807, 2.05) is 30.3 Å². The summed E-state index contributed by atoms with van der Waals surface area (Å²) in [4.78, 5) is 12.3. The van der Waals surface area contributed by atoms with Crippen LogP contribution < -0.4 is 9.79 Å². The number of hydrogen-bond acceptors (Lipinski definition) is 4. The maximum Gasteiger partial charge on any atom is 0.267 e. The van der Waals surface area contributed by atoms with Gasteiger partial charge in [-0.05, 0) is 41.7 Å². The number of carbonyl (C=O) groups excluding carboxylic acids is 1. The molecule has 3 rings (SSSR count). The Kier molecular flexibility index (Phi) is 5.64. The van der Waals surface area contributed by atoms with Crippen LogP contribution in [0.25, 0.3) is 10.8 Å². The van der Waals surface area contributed by atoms with Crippen molar-refractivity contribution in [1.82, 2.24) is 5.48 Å². The van der Waals surface area contributed by atoms with E-state index < -0.39 is 23.2 Å². The van der Waals surface area contributed by atoms with Gasteiger partial charge in [0.15, 0.2) is 0 Å². The van der Waals surface area contributed by atoms with Crippen molar-refractivity contribution in [1.29, 1.82) is 0 Å². The zero-order chi connectivity index (χ0) is 17.8. The molecule has 0 aliphatic carbocycles. The zero-order valence-electron chi connectivity index (χ0n) is 13.5. The average Bonchev–Trinajstić information content (AvgIpc) is 2.65. The van der Waals surface area contributed by atoms with E-state index in [0.717, 1.165) is 15.1 Å². The second kappa shape index (κ2) is 7.92. The van der Waals surface area contributed by atoms with Crippen molar-refractivity contribution in [3.8, 4) is 0 Å². The van der Waals surface area contributed by atoms with E-state index >= 15 is 0 Å². The van der Waals surface area contributed by atoms with Gasteiger partial charge in [0.05, 0.1) is 5.69 Å². The molecular weight excluding hydrogens is 344 g/mol. The lowest BCUT2D eigenvalue weighted by Crippen LogP contribution is -2.52. The van der Waals surface area contributed by atoms with Crippen molar-refractivity contribution in [3.05, 3.63) is 42.5 Å². The quantitative estimate of drug-likeness (QED) is 0.429. The van der Waals surface area contributed by atoms with Gasteiger partial charge in [0, 0.05) is 13.2 Å². The smallest absolute Gasteiger partial charge is 0.267 e. The molecule has 1 aliphatic rings. The lowest BCUT2D eigenvalue weighted by atomic mass is 9.91. The fourth-order valence-corrected chi connectivity index (χ4v) is 4.03. The number of nitrogens with one attached hydrogen (secondary N) is 1. The van der Waals surface area contributed by atoms with Gasteiger partial charge in [0.25, 0.3) is 17.2 Å². The Morgan fingerprint density at radius 1 is 1.20 bits per heavy atom. The maximum atomic E-state index is 12.3. The van der Waals surface area contributed by atoms with Crippen LogP contribution in [0.4, 0.5) is 5.69 Å². The summed E-state index contributed by atoms with van der Waals surface area (Å²) in [5.41, 5.74) is 2.08. The molecule has 0 radical (unpaired) electrons. The van der Waals surface area contributed by atoms with E-state index in [9.17, 15) is 13.6 Å². The van der Waals surface area contributed by atoms with Gasteiger partial charge in [0.1, 0.15) is 6.04 Å². The highest BCUT2D eigenvalue weighted by molar-refractivity contribution is 7.80. The third kappa shape index (κ3) is 3.82. The van der Waals surface area contributed by atoms with Crippen LogP contribution in [0.1, 0.15) is 12.8 Å². The number of fused-ring (bicyclic) bond motifs is 1. The number of hydroxylamine groups is 1. The maximum absolute atomic E-state index is 12.3. The Labute approximate surface area is 148 Å². The van der Waals surface area contributed by atoms with Crippen molar-refractivity contribution >= 4 is 33.6 Å². The van der Waals surface area contributed by atoms with E-state index in [0.29, 0.717) is 31.7 Å². The standard InChI is InChI=1S/C17H20N2O5S/c20-17(18-21)16(13-7-9-24-10-8-13)19(25(22)23)15-6-5-12-3-1-2-4-14(12)11-15/h1-6,11,13,16,21H,7-10H2,(H,18,20)(H,22,23). The monoisotopic (exact) mass is 364 g/mol. The van der Waals surface area contributed by atoms with Crippen LogP contribution in [0.2, 0.25) is 0 Å². The van der Waals surface area contributed by atoms with Gasteiger partial charge in [-0.15, -0.1) is 0 Å². The van der Waals surface area contributed by atoms with E-state index in [1.54, 1.807) is 17.6 Å². The first-order valence-electron chi connectivity index (χ1n) is 8.02. The number of benzene rings is 2. The SMILES string of the molecule is O=C(NO)C(C1CCOCC1)N(c1ccc2ccccc2c1)S(=O)O. The molecule has 1 saturated heterocycles. The van der Waals surface area contributed by atoms with Crippen molar-refractivity contribution in [3.63, 3.8) is 0 Å². The van der Waals surface area contributed by atoms with Gasteiger partial charge >= 0.3 is 0 Å². The molecule has 25 heavy (non-hydrogen) atoms. The third-order valence-electron chi connectivity index (χ3n) is 4.50. The largest absolute Gasteiger partial charge is 0.381 e. The van der Waals surface area contributed by atoms with Crippen molar-refractivity contribution in [2.45, 2.75) is 18.9 Å². The number of carbonyl (C=O) groups is 1. The molecule has 0 bridgehead atoms. The molecule has 1 heterocycles. The fraction of sp³-hybridized carbons (Fsp3) is 0.353. The van der Waals surface area contributed by atoms with Crippen LogP contribution in [0, 0.1) is 5.92 Å². The fourth-order valence-electron chi connectivity index (χ4n) is 3.27. The summed E-state index contributed by atoms with van der Waals surface area (Å²) in [6, 6.07) is 12.0. The number of anilines is 1. The van der Waals surface area contributed by atoms with E-state index in [4.69, 9.17) is 9.94 Å². The topological polar surface area (TPSA) is 99.1 Å². The molecule has 3 N–H and O–H groups in total. The number of amides is 1. The molecule has 7 nitrogen and oxygen atoms in total. The molecule has 2 aromatic rings. The summed E-state index contributed by atoms with van der Waals surface area (Å²) in [5.74, 6) is -0.911. The van der Waals surface area contributed by atoms with Crippen molar-refractivity contribution in [2.75, 3.05) is 17.5 Å². The highest BCUT2D eigenvalue weighted by Crippen LogP contribution is 2.30. The Balaban J connectivity index is 2.03. The van der Waals surface area contributed by atoms with Crippen LogP contribution in [0.3, 0.4) is 0 Å². The summed E-state index contributed by atoms with van der Waals surface area (Å²) in [7, 11) is 0. The van der Waals surface area contributed by atoms with Crippen molar-refractivity contribution < 1.29 is 23.5 Å². The molecule has 0 spiro atoms. The minimum Gasteiger partial charge on any atom is -0.381 e. The molecule has 8 heteroatoms. The summed E-state index contributed by atoms with van der Waals surface area (Å²) >= 11 is -2.43. The summed E-state index contributed by atoms with van der Waals surface area (Å²) in [5, 5.41) is 11.0.